The van der Waals surface area contributed by atoms with E-state index in [1.807, 2.05) is 12.1 Å². The summed E-state index contributed by atoms with van der Waals surface area (Å²) in [7, 11) is 0. The molecule has 0 radical (unpaired) electrons. The van der Waals surface area contributed by atoms with Gasteiger partial charge in [0, 0.05) is 5.41 Å². The van der Waals surface area contributed by atoms with Gasteiger partial charge in [-0.2, -0.15) is 0 Å². The minimum absolute atomic E-state index is 0.0372. The maximum atomic E-state index is 10.2. The Morgan fingerprint density at radius 2 is 2.09 bits per heavy atom. The van der Waals surface area contributed by atoms with Gasteiger partial charge >= 0.3 is 0 Å². The maximum absolute atomic E-state index is 10.2. The summed E-state index contributed by atoms with van der Waals surface area (Å²) in [5.74, 6) is 1.54. The molecule has 0 unspecified atom stereocenters. The normalized spacial score (nSPS) is 43.1. The van der Waals surface area contributed by atoms with Crippen LogP contribution in [0.2, 0.25) is 0 Å². The van der Waals surface area contributed by atoms with Gasteiger partial charge in [0.1, 0.15) is 5.75 Å². The summed E-state index contributed by atoms with van der Waals surface area (Å²) in [6, 6.07) is 5.88. The van der Waals surface area contributed by atoms with Crippen molar-refractivity contribution in [2.24, 2.45) is 17.3 Å². The fourth-order valence-electron chi connectivity index (χ4n) is 6.03. The Hall–Kier alpha value is -1.28. The largest absolute Gasteiger partial charge is 0.508 e. The van der Waals surface area contributed by atoms with E-state index in [1.165, 1.54) is 11.1 Å². The number of aliphatic hydroxyl groups is 1. The molecule has 1 aromatic carbocycles. The van der Waals surface area contributed by atoms with Crippen LogP contribution in [0.4, 0.5) is 0 Å². The number of phenolic OH excluding ortho intramolecular Hbond substituents is 1. The fourth-order valence-corrected chi connectivity index (χ4v) is 6.03. The second-order valence-corrected chi connectivity index (χ2v) is 8.09. The van der Waals surface area contributed by atoms with E-state index in [-0.39, 0.29) is 11.5 Å². The molecule has 2 fully saturated rings. The van der Waals surface area contributed by atoms with E-state index >= 15 is 0 Å². The molecular formula is C20H26O2. The lowest BCUT2D eigenvalue weighted by atomic mass is 9.49. The third kappa shape index (κ3) is 1.76. The summed E-state index contributed by atoms with van der Waals surface area (Å²) in [4.78, 5) is 0. The Morgan fingerprint density at radius 3 is 2.86 bits per heavy atom. The molecule has 3 aliphatic carbocycles. The van der Waals surface area contributed by atoms with E-state index in [1.54, 1.807) is 0 Å². The third-order valence-electron chi connectivity index (χ3n) is 7.06. The summed E-state index contributed by atoms with van der Waals surface area (Å²) in [5.41, 5.74) is 3.00. The second-order valence-electron chi connectivity index (χ2n) is 8.09. The van der Waals surface area contributed by atoms with Gasteiger partial charge in [-0.05, 0) is 79.0 Å². The first-order valence-corrected chi connectivity index (χ1v) is 8.62. The Labute approximate surface area is 132 Å². The molecule has 0 bridgehead atoms. The van der Waals surface area contributed by atoms with Crippen LogP contribution in [0.1, 0.15) is 50.2 Å². The van der Waals surface area contributed by atoms with Crippen molar-refractivity contribution in [3.63, 3.8) is 0 Å². The second kappa shape index (κ2) is 4.61. The van der Waals surface area contributed by atoms with Crippen molar-refractivity contribution >= 4 is 0 Å². The predicted octanol–water partition coefficient (Wildman–Crippen LogP) is 3.95. The minimum Gasteiger partial charge on any atom is -0.508 e. The van der Waals surface area contributed by atoms with Gasteiger partial charge < -0.3 is 10.2 Å². The molecule has 0 aromatic heterocycles. The third-order valence-corrected chi connectivity index (χ3v) is 7.06. The fraction of sp³-hybridized carbons (Fsp3) is 0.600. The number of aromatic hydroxyl groups is 1. The first-order chi connectivity index (χ1) is 10.5. The number of benzene rings is 1. The molecule has 0 spiro atoms. The average Bonchev–Trinajstić information content (AvgIpc) is 2.80. The summed E-state index contributed by atoms with van der Waals surface area (Å²) in [5, 5.41) is 20.1. The van der Waals surface area contributed by atoms with Crippen LogP contribution in [0.5, 0.6) is 5.75 Å². The molecule has 0 heterocycles. The SMILES string of the molecule is C=C[C@]12CC[C@]3(C)C[C@H](O)C[C@H]3[C@@H]1CCc1cc(O)ccc12. The van der Waals surface area contributed by atoms with Crippen molar-refractivity contribution in [3.8, 4) is 5.75 Å². The van der Waals surface area contributed by atoms with E-state index in [0.29, 0.717) is 23.0 Å². The number of fused-ring (bicyclic) bond motifs is 5. The Morgan fingerprint density at radius 1 is 1.27 bits per heavy atom. The van der Waals surface area contributed by atoms with Crippen molar-refractivity contribution in [3.05, 3.63) is 42.0 Å². The van der Waals surface area contributed by atoms with Crippen LogP contribution in [0.15, 0.2) is 30.9 Å². The van der Waals surface area contributed by atoms with Crippen LogP contribution in [0.25, 0.3) is 0 Å². The van der Waals surface area contributed by atoms with Crippen LogP contribution < -0.4 is 0 Å². The summed E-state index contributed by atoms with van der Waals surface area (Å²) in [6.45, 7) is 6.59. The van der Waals surface area contributed by atoms with E-state index in [9.17, 15) is 10.2 Å². The maximum Gasteiger partial charge on any atom is 0.115 e. The zero-order valence-corrected chi connectivity index (χ0v) is 13.4. The Balaban J connectivity index is 1.82. The molecule has 1 aromatic rings. The van der Waals surface area contributed by atoms with E-state index in [2.05, 4.69) is 25.6 Å². The van der Waals surface area contributed by atoms with Gasteiger partial charge in [-0.3, -0.25) is 0 Å². The van der Waals surface area contributed by atoms with E-state index in [4.69, 9.17) is 0 Å². The first-order valence-electron chi connectivity index (χ1n) is 8.62. The van der Waals surface area contributed by atoms with Crippen LogP contribution in [0, 0.1) is 17.3 Å². The van der Waals surface area contributed by atoms with Crippen molar-refractivity contribution < 1.29 is 10.2 Å². The minimum atomic E-state index is -0.128. The monoisotopic (exact) mass is 298 g/mol. The molecule has 2 saturated carbocycles. The standard InChI is InChI=1S/C20H26O2/c1-3-20-9-8-19(2)12-15(22)11-18(19)17(20)6-4-13-10-14(21)5-7-16(13)20/h3,5,7,10,15,17-18,21-22H,1,4,6,8-9,11-12H2,2H3/t15-,17+,18+,19-,20-/m1/s1. The number of hydrogen-bond acceptors (Lipinski definition) is 2. The van der Waals surface area contributed by atoms with Crippen molar-refractivity contribution in [1.82, 2.24) is 0 Å². The van der Waals surface area contributed by atoms with E-state index < -0.39 is 0 Å². The number of allylic oxidation sites excluding steroid dienone is 1. The molecule has 2 N–H and O–H groups in total. The number of aryl methyl sites for hydroxylation is 1. The smallest absolute Gasteiger partial charge is 0.115 e. The lowest BCUT2D eigenvalue weighted by Crippen LogP contribution is -2.49. The molecule has 2 heteroatoms. The van der Waals surface area contributed by atoms with Gasteiger partial charge in [-0.25, -0.2) is 0 Å². The van der Waals surface area contributed by atoms with Crippen LogP contribution in [-0.4, -0.2) is 16.3 Å². The van der Waals surface area contributed by atoms with Crippen LogP contribution in [0.3, 0.4) is 0 Å². The predicted molar refractivity (Wildman–Crippen MR) is 87.9 cm³/mol. The first kappa shape index (κ1) is 14.3. The van der Waals surface area contributed by atoms with Gasteiger partial charge in [0.05, 0.1) is 6.10 Å². The molecule has 3 aliphatic rings. The van der Waals surface area contributed by atoms with Gasteiger partial charge in [0.2, 0.25) is 0 Å². The quantitative estimate of drug-likeness (QED) is 0.771. The number of hydrogen-bond donors (Lipinski definition) is 2. The lowest BCUT2D eigenvalue weighted by molar-refractivity contribution is 0.0277. The number of rotatable bonds is 1. The van der Waals surface area contributed by atoms with E-state index in [0.717, 1.165) is 38.5 Å². The van der Waals surface area contributed by atoms with Crippen molar-refractivity contribution in [2.75, 3.05) is 0 Å². The van der Waals surface area contributed by atoms with Gasteiger partial charge in [0.15, 0.2) is 0 Å². The van der Waals surface area contributed by atoms with Crippen molar-refractivity contribution in [1.29, 1.82) is 0 Å². The van der Waals surface area contributed by atoms with Crippen LogP contribution >= 0.6 is 0 Å². The van der Waals surface area contributed by atoms with Crippen molar-refractivity contribution in [2.45, 2.75) is 57.0 Å². The van der Waals surface area contributed by atoms with Gasteiger partial charge in [-0.1, -0.05) is 19.1 Å². The highest BCUT2D eigenvalue weighted by atomic mass is 16.3. The Bertz CT molecular complexity index is 622. The summed E-state index contributed by atoms with van der Waals surface area (Å²) >= 11 is 0. The molecule has 4 rings (SSSR count). The Kier molecular flexibility index (Phi) is 3.00. The average molecular weight is 298 g/mol. The van der Waals surface area contributed by atoms with Crippen LogP contribution in [-0.2, 0) is 11.8 Å². The number of aliphatic hydroxyl groups excluding tert-OH is 1. The van der Waals surface area contributed by atoms with Gasteiger partial charge in [0.25, 0.3) is 0 Å². The highest BCUT2D eigenvalue weighted by Gasteiger charge is 2.57. The summed E-state index contributed by atoms with van der Waals surface area (Å²) in [6.07, 6.45) is 8.43. The molecule has 0 amide bonds. The highest BCUT2D eigenvalue weighted by molar-refractivity contribution is 5.46. The molecule has 0 saturated heterocycles. The molecule has 2 nitrogen and oxygen atoms in total. The lowest BCUT2D eigenvalue weighted by Gasteiger charge is -2.55. The zero-order chi connectivity index (χ0) is 15.5. The van der Waals surface area contributed by atoms with Gasteiger partial charge in [-0.15, -0.1) is 6.58 Å². The molecule has 118 valence electrons. The molecular weight excluding hydrogens is 272 g/mol. The molecule has 5 atom stereocenters. The highest BCUT2D eigenvalue weighted by Crippen LogP contribution is 2.63. The molecule has 22 heavy (non-hydrogen) atoms. The molecule has 0 aliphatic heterocycles. The summed E-state index contributed by atoms with van der Waals surface area (Å²) < 4.78 is 0. The number of phenols is 1. The zero-order valence-electron chi connectivity index (χ0n) is 13.4. The topological polar surface area (TPSA) is 40.5 Å².